The molecule has 0 aliphatic carbocycles. The van der Waals surface area contributed by atoms with E-state index in [-0.39, 0.29) is 0 Å². The van der Waals surface area contributed by atoms with Crippen LogP contribution in [0, 0.1) is 10.8 Å². The second-order valence-corrected chi connectivity index (χ2v) is 9.42. The summed E-state index contributed by atoms with van der Waals surface area (Å²) in [6.45, 7) is 6.95. The average Bonchev–Trinajstić information content (AvgIpc) is 2.59. The number of aliphatic hydroxyl groups is 2. The van der Waals surface area contributed by atoms with Gasteiger partial charge in [-0.05, 0) is 53.4 Å². The van der Waals surface area contributed by atoms with Gasteiger partial charge < -0.3 is 20.4 Å². The average molecular weight is 403 g/mol. The summed E-state index contributed by atoms with van der Waals surface area (Å²) in [5.74, 6) is -1.53. The Morgan fingerprint density at radius 3 is 1.18 bits per heavy atom. The minimum atomic E-state index is -0.767. The van der Waals surface area contributed by atoms with Gasteiger partial charge in [0.25, 0.3) is 0 Å². The van der Waals surface area contributed by atoms with E-state index in [9.17, 15) is 19.8 Å². The molecule has 0 aromatic rings. The van der Waals surface area contributed by atoms with Crippen molar-refractivity contribution in [1.29, 1.82) is 0 Å². The van der Waals surface area contributed by atoms with E-state index in [1.54, 1.807) is 27.7 Å². The van der Waals surface area contributed by atoms with Crippen LogP contribution in [0.15, 0.2) is 0 Å². The molecular weight excluding hydrogens is 360 g/mol. The highest BCUT2D eigenvalue weighted by Gasteiger charge is 2.26. The van der Waals surface area contributed by atoms with Crippen LogP contribution >= 0.6 is 0 Å². The van der Waals surface area contributed by atoms with Crippen LogP contribution in [-0.2, 0) is 9.59 Å². The lowest BCUT2D eigenvalue weighted by atomic mass is 9.87. The molecule has 0 spiro atoms. The Labute approximate surface area is 170 Å². The van der Waals surface area contributed by atoms with Gasteiger partial charge in [-0.2, -0.15) is 0 Å². The van der Waals surface area contributed by atoms with Crippen molar-refractivity contribution >= 4 is 11.9 Å². The molecule has 0 rings (SSSR count). The molecule has 0 fully saturated rings. The lowest BCUT2D eigenvalue weighted by molar-refractivity contribution is -0.148. The molecule has 0 aromatic carbocycles. The van der Waals surface area contributed by atoms with Crippen molar-refractivity contribution in [2.45, 2.75) is 117 Å². The van der Waals surface area contributed by atoms with E-state index in [4.69, 9.17) is 10.2 Å². The third-order valence-corrected chi connectivity index (χ3v) is 5.71. The molecule has 0 saturated heterocycles. The molecular formula is C22H42O6. The highest BCUT2D eigenvalue weighted by molar-refractivity contribution is 5.73. The van der Waals surface area contributed by atoms with Crippen molar-refractivity contribution in [3.63, 3.8) is 0 Å². The Morgan fingerprint density at radius 1 is 0.607 bits per heavy atom. The Bertz CT molecular complexity index is 416. The van der Waals surface area contributed by atoms with Crippen LogP contribution in [0.5, 0.6) is 0 Å². The Hall–Kier alpha value is -1.14. The molecule has 0 unspecified atom stereocenters. The van der Waals surface area contributed by atoms with Gasteiger partial charge in [-0.3, -0.25) is 9.59 Å². The van der Waals surface area contributed by atoms with Crippen LogP contribution in [0.2, 0.25) is 0 Å². The number of aliphatic carboxylic acids is 2. The molecule has 0 radical (unpaired) electrons. The summed E-state index contributed by atoms with van der Waals surface area (Å²) in [4.78, 5) is 22.1. The summed E-state index contributed by atoms with van der Waals surface area (Å²) in [5.41, 5.74) is -1.36. The molecule has 4 N–H and O–H groups in total. The fraction of sp³-hybridized carbons (Fsp3) is 0.909. The summed E-state index contributed by atoms with van der Waals surface area (Å²) < 4.78 is 0. The maximum atomic E-state index is 11.0. The zero-order chi connectivity index (χ0) is 21.8. The monoisotopic (exact) mass is 402 g/mol. The predicted octanol–water partition coefficient (Wildman–Crippen LogP) is 4.61. The van der Waals surface area contributed by atoms with Gasteiger partial charge in [0.1, 0.15) is 0 Å². The highest BCUT2D eigenvalue weighted by atomic mass is 16.4. The smallest absolute Gasteiger partial charge is 0.309 e. The van der Waals surface area contributed by atoms with Gasteiger partial charge in [0.05, 0.1) is 23.0 Å². The first-order chi connectivity index (χ1) is 12.9. The largest absolute Gasteiger partial charge is 0.481 e. The SMILES string of the molecule is CC(C)(CCCCCC[C@H](O)[C@@H](O)CCCCCCC(C)(C)C(=O)O)C(=O)O. The molecule has 0 bridgehead atoms. The van der Waals surface area contributed by atoms with Crippen LogP contribution in [0.4, 0.5) is 0 Å². The van der Waals surface area contributed by atoms with Gasteiger partial charge in [-0.25, -0.2) is 0 Å². The molecule has 0 aromatic heterocycles. The van der Waals surface area contributed by atoms with E-state index in [1.807, 2.05) is 0 Å². The fourth-order valence-corrected chi connectivity index (χ4v) is 3.15. The summed E-state index contributed by atoms with van der Waals surface area (Å²) in [7, 11) is 0. The highest BCUT2D eigenvalue weighted by Crippen LogP contribution is 2.25. The standard InChI is InChI=1S/C22H42O6/c1-21(2,19(25)26)15-11-7-5-9-13-17(23)18(24)14-10-6-8-12-16-22(3,4)20(27)28/h17-18,23-24H,5-16H2,1-4H3,(H,25,26)(H,27,28)/t17-,18-/m0/s1. The number of hydrogen-bond donors (Lipinski definition) is 4. The van der Waals surface area contributed by atoms with Gasteiger partial charge in [0.15, 0.2) is 0 Å². The molecule has 2 atom stereocenters. The van der Waals surface area contributed by atoms with Crippen molar-refractivity contribution < 1.29 is 30.0 Å². The Morgan fingerprint density at radius 2 is 0.893 bits per heavy atom. The molecule has 0 amide bonds. The van der Waals surface area contributed by atoms with Crippen LogP contribution in [-0.4, -0.2) is 44.6 Å². The first-order valence-corrected chi connectivity index (χ1v) is 10.7. The van der Waals surface area contributed by atoms with Crippen LogP contribution < -0.4 is 0 Å². The minimum Gasteiger partial charge on any atom is -0.481 e. The van der Waals surface area contributed by atoms with Crippen LogP contribution in [0.3, 0.4) is 0 Å². The molecule has 0 aliphatic rings. The summed E-state index contributed by atoms with van der Waals surface area (Å²) in [5, 5.41) is 38.2. The molecule has 6 heteroatoms. The van der Waals surface area contributed by atoms with Crippen LogP contribution in [0.1, 0.15) is 105 Å². The van der Waals surface area contributed by atoms with Gasteiger partial charge in [-0.15, -0.1) is 0 Å². The van der Waals surface area contributed by atoms with Gasteiger partial charge in [-0.1, -0.05) is 51.4 Å². The Kier molecular flexibility index (Phi) is 12.6. The lowest BCUT2D eigenvalue weighted by Crippen LogP contribution is -2.25. The lowest BCUT2D eigenvalue weighted by Gasteiger charge is -2.20. The number of unbranched alkanes of at least 4 members (excludes halogenated alkanes) is 6. The normalized spacial score (nSPS) is 14.6. The van der Waals surface area contributed by atoms with E-state index in [2.05, 4.69) is 0 Å². The summed E-state index contributed by atoms with van der Waals surface area (Å²) in [6.07, 6.45) is 8.12. The van der Waals surface area contributed by atoms with Crippen molar-refractivity contribution in [3.05, 3.63) is 0 Å². The zero-order valence-electron chi connectivity index (χ0n) is 18.2. The number of rotatable bonds is 17. The third kappa shape index (κ3) is 11.6. The fourth-order valence-electron chi connectivity index (χ4n) is 3.15. The van der Waals surface area contributed by atoms with Crippen molar-refractivity contribution in [1.82, 2.24) is 0 Å². The van der Waals surface area contributed by atoms with E-state index in [1.165, 1.54) is 0 Å². The molecule has 0 aliphatic heterocycles. The molecule has 166 valence electrons. The van der Waals surface area contributed by atoms with Crippen molar-refractivity contribution in [2.75, 3.05) is 0 Å². The molecule has 28 heavy (non-hydrogen) atoms. The maximum Gasteiger partial charge on any atom is 0.309 e. The molecule has 0 saturated carbocycles. The number of carboxylic acids is 2. The number of hydrogen-bond acceptors (Lipinski definition) is 4. The number of aliphatic hydroxyl groups excluding tert-OH is 2. The van der Waals surface area contributed by atoms with Crippen molar-refractivity contribution in [3.8, 4) is 0 Å². The van der Waals surface area contributed by atoms with E-state index >= 15 is 0 Å². The van der Waals surface area contributed by atoms with E-state index < -0.39 is 35.0 Å². The zero-order valence-corrected chi connectivity index (χ0v) is 18.2. The second-order valence-electron chi connectivity index (χ2n) is 9.42. The van der Waals surface area contributed by atoms with Crippen molar-refractivity contribution in [2.24, 2.45) is 10.8 Å². The first kappa shape index (κ1) is 26.9. The van der Waals surface area contributed by atoms with Gasteiger partial charge in [0.2, 0.25) is 0 Å². The Balaban J connectivity index is 3.70. The van der Waals surface area contributed by atoms with Crippen LogP contribution in [0.25, 0.3) is 0 Å². The quantitative estimate of drug-likeness (QED) is 0.264. The number of carboxylic acid groups (broad SMARTS) is 2. The molecule has 0 heterocycles. The van der Waals surface area contributed by atoms with Gasteiger partial charge in [0, 0.05) is 0 Å². The van der Waals surface area contributed by atoms with E-state index in [0.29, 0.717) is 25.7 Å². The van der Waals surface area contributed by atoms with E-state index in [0.717, 1.165) is 51.4 Å². The summed E-state index contributed by atoms with van der Waals surface area (Å²) >= 11 is 0. The van der Waals surface area contributed by atoms with Gasteiger partial charge >= 0.3 is 11.9 Å². The minimum absolute atomic E-state index is 0.566. The topological polar surface area (TPSA) is 115 Å². The third-order valence-electron chi connectivity index (χ3n) is 5.71. The number of carbonyl (C=O) groups is 2. The second kappa shape index (κ2) is 13.2. The molecule has 6 nitrogen and oxygen atoms in total. The predicted molar refractivity (Wildman–Crippen MR) is 110 cm³/mol. The maximum absolute atomic E-state index is 11.0. The first-order valence-electron chi connectivity index (χ1n) is 10.7. The summed E-state index contributed by atoms with van der Waals surface area (Å²) in [6, 6.07) is 0.